The molecule has 2 radical (unpaired) electrons. The number of carbonyl (C=O) groups is 2. The minimum Gasteiger partial charge on any atom is -0.469 e. The van der Waals surface area contributed by atoms with Gasteiger partial charge in [0.2, 0.25) is 0 Å². The first kappa shape index (κ1) is 17.3. The first-order valence-electron chi connectivity index (χ1n) is 7.07. The van der Waals surface area contributed by atoms with Crippen molar-refractivity contribution in [3.8, 4) is 0 Å². The monoisotopic (exact) mass is 297 g/mol. The summed E-state index contributed by atoms with van der Waals surface area (Å²) in [4.78, 5) is 25.9. The summed E-state index contributed by atoms with van der Waals surface area (Å²) in [6.07, 6.45) is 2.44. The van der Waals surface area contributed by atoms with Gasteiger partial charge in [0.1, 0.15) is 21.9 Å². The van der Waals surface area contributed by atoms with E-state index in [1.807, 2.05) is 20.8 Å². The zero-order valence-electron chi connectivity index (χ0n) is 12.8. The molecule has 0 aliphatic carbocycles. The number of rotatable bonds is 3. The lowest BCUT2D eigenvalue weighted by Crippen LogP contribution is -2.51. The fourth-order valence-electron chi connectivity index (χ4n) is 2.48. The molecular formula is C14H24AlNO4. The van der Waals surface area contributed by atoms with Crippen molar-refractivity contribution in [3.63, 3.8) is 0 Å². The minimum atomic E-state index is -0.527. The molecule has 0 aromatic rings. The summed E-state index contributed by atoms with van der Waals surface area (Å²) in [5, 5.41) is 0.580. The third-order valence-corrected chi connectivity index (χ3v) is 3.91. The van der Waals surface area contributed by atoms with Gasteiger partial charge in [0, 0.05) is 12.6 Å². The van der Waals surface area contributed by atoms with Crippen molar-refractivity contribution < 1.29 is 19.1 Å². The lowest BCUT2D eigenvalue weighted by molar-refractivity contribution is -0.147. The summed E-state index contributed by atoms with van der Waals surface area (Å²) in [7, 11) is 1.39. The molecule has 1 fully saturated rings. The molecule has 1 amide bonds. The fraction of sp³-hybridized carbons (Fsp3) is 0.857. The Kier molecular flexibility index (Phi) is 6.35. The Balaban J connectivity index is 2.85. The van der Waals surface area contributed by atoms with Gasteiger partial charge in [-0.25, -0.2) is 4.79 Å². The van der Waals surface area contributed by atoms with E-state index in [0.29, 0.717) is 11.8 Å². The Morgan fingerprint density at radius 3 is 2.50 bits per heavy atom. The number of carbonyl (C=O) groups excluding carboxylic acids is 2. The standard InChI is InChI=1S/C14H24NO4.Al/c1-10(12(16)18-5)11-8-6-7-9-15(11)13(17)19-14(2,3)4;/h10-11H,1,6-9H2,2-5H3;/t10-,11?;/m1./s1. The summed E-state index contributed by atoms with van der Waals surface area (Å²) >= 11 is 2.57. The molecule has 1 saturated heterocycles. The highest BCUT2D eigenvalue weighted by Gasteiger charge is 2.37. The Hall–Kier alpha value is -0.728. The lowest BCUT2D eigenvalue weighted by Gasteiger charge is -2.39. The average Bonchev–Trinajstić information content (AvgIpc) is 2.37. The van der Waals surface area contributed by atoms with Crippen molar-refractivity contribution in [3.05, 3.63) is 0 Å². The van der Waals surface area contributed by atoms with E-state index in [1.54, 1.807) is 4.90 Å². The highest BCUT2D eigenvalue weighted by Crippen LogP contribution is 2.27. The highest BCUT2D eigenvalue weighted by molar-refractivity contribution is 6.10. The Bertz CT molecular complexity index is 354. The van der Waals surface area contributed by atoms with Gasteiger partial charge in [0.25, 0.3) is 0 Å². The Morgan fingerprint density at radius 1 is 1.35 bits per heavy atom. The van der Waals surface area contributed by atoms with Crippen LogP contribution in [0.3, 0.4) is 0 Å². The molecule has 0 N–H and O–H groups in total. The number of methoxy groups -OCH3 is 1. The van der Waals surface area contributed by atoms with Crippen LogP contribution in [0.25, 0.3) is 0 Å². The van der Waals surface area contributed by atoms with Gasteiger partial charge in [-0.3, -0.25) is 4.79 Å². The summed E-state index contributed by atoms with van der Waals surface area (Å²) in [5.41, 5.74) is -0.527. The lowest BCUT2D eigenvalue weighted by atomic mass is 9.91. The van der Waals surface area contributed by atoms with Gasteiger partial charge in [0.15, 0.2) is 0 Å². The van der Waals surface area contributed by atoms with E-state index in [2.05, 4.69) is 16.3 Å². The molecule has 2 atom stereocenters. The second-order valence-corrected chi connectivity index (χ2v) is 6.57. The number of amides is 1. The second kappa shape index (κ2) is 7.33. The first-order chi connectivity index (χ1) is 9.30. The molecule has 112 valence electrons. The van der Waals surface area contributed by atoms with E-state index in [0.717, 1.165) is 19.3 Å². The molecule has 0 bridgehead atoms. The van der Waals surface area contributed by atoms with Crippen molar-refractivity contribution >= 4 is 28.4 Å². The van der Waals surface area contributed by atoms with E-state index in [9.17, 15) is 9.59 Å². The van der Waals surface area contributed by atoms with Crippen LogP contribution < -0.4 is 0 Å². The largest absolute Gasteiger partial charge is 0.469 e. The van der Waals surface area contributed by atoms with Gasteiger partial charge in [-0.1, -0.05) is 0 Å². The van der Waals surface area contributed by atoms with Crippen molar-refractivity contribution in [1.29, 1.82) is 0 Å². The molecule has 0 aromatic heterocycles. The number of hydrogen-bond acceptors (Lipinski definition) is 4. The predicted octanol–water partition coefficient (Wildman–Crippen LogP) is 2.15. The smallest absolute Gasteiger partial charge is 0.410 e. The van der Waals surface area contributed by atoms with Crippen molar-refractivity contribution in [2.45, 2.75) is 57.0 Å². The molecule has 0 spiro atoms. The molecule has 1 unspecified atom stereocenters. The van der Waals surface area contributed by atoms with Crippen molar-refractivity contribution in [1.82, 2.24) is 4.90 Å². The number of piperidine rings is 1. The van der Waals surface area contributed by atoms with E-state index < -0.39 is 5.60 Å². The third-order valence-electron chi connectivity index (χ3n) is 3.40. The van der Waals surface area contributed by atoms with Gasteiger partial charge < -0.3 is 14.4 Å². The number of ether oxygens (including phenoxy) is 2. The maximum Gasteiger partial charge on any atom is 0.410 e. The maximum atomic E-state index is 12.3. The van der Waals surface area contributed by atoms with E-state index in [-0.39, 0.29) is 24.0 Å². The SMILES string of the molecule is COC(=O)[C@H]([CH2][Al])C1CCCCN1C(=O)OC(C)(C)C. The maximum absolute atomic E-state index is 12.3. The number of likely N-dealkylation sites (tertiary alicyclic amines) is 1. The van der Waals surface area contributed by atoms with Crippen LogP contribution in [-0.2, 0) is 14.3 Å². The molecule has 1 rings (SSSR count). The van der Waals surface area contributed by atoms with E-state index in [4.69, 9.17) is 9.47 Å². The molecule has 0 saturated carbocycles. The number of hydrogen-bond donors (Lipinski definition) is 0. The first-order valence-corrected chi connectivity index (χ1v) is 7.89. The van der Waals surface area contributed by atoms with Crippen LogP contribution in [0.4, 0.5) is 4.79 Å². The van der Waals surface area contributed by atoms with Crippen LogP contribution in [0.2, 0.25) is 5.28 Å². The van der Waals surface area contributed by atoms with Crippen molar-refractivity contribution in [2.75, 3.05) is 13.7 Å². The van der Waals surface area contributed by atoms with Gasteiger partial charge in [-0.15, -0.1) is 5.28 Å². The van der Waals surface area contributed by atoms with E-state index in [1.165, 1.54) is 7.11 Å². The number of nitrogens with zero attached hydrogens (tertiary/aromatic N) is 1. The van der Waals surface area contributed by atoms with E-state index >= 15 is 0 Å². The van der Waals surface area contributed by atoms with Gasteiger partial charge in [0.05, 0.1) is 13.0 Å². The average molecular weight is 297 g/mol. The second-order valence-electron chi connectivity index (χ2n) is 6.10. The Morgan fingerprint density at radius 2 is 2.00 bits per heavy atom. The minimum absolute atomic E-state index is 0.136. The summed E-state index contributed by atoms with van der Waals surface area (Å²) in [6, 6.07) is -0.136. The summed E-state index contributed by atoms with van der Waals surface area (Å²) in [5.74, 6) is -0.571. The molecule has 6 heteroatoms. The van der Waals surface area contributed by atoms with Gasteiger partial charge >= 0.3 is 12.1 Å². The molecule has 5 nitrogen and oxygen atoms in total. The fourth-order valence-corrected chi connectivity index (χ4v) is 2.99. The summed E-state index contributed by atoms with van der Waals surface area (Å²) < 4.78 is 10.3. The topological polar surface area (TPSA) is 55.8 Å². The van der Waals surface area contributed by atoms with Crippen LogP contribution in [0, 0.1) is 5.92 Å². The zero-order valence-corrected chi connectivity index (χ0v) is 14.0. The normalized spacial score (nSPS) is 21.2. The molecule has 0 aromatic carbocycles. The Labute approximate surface area is 129 Å². The number of esters is 1. The quantitative estimate of drug-likeness (QED) is 0.591. The molecule has 1 heterocycles. The van der Waals surface area contributed by atoms with Crippen LogP contribution in [0.1, 0.15) is 40.0 Å². The zero-order chi connectivity index (χ0) is 15.3. The third kappa shape index (κ3) is 4.68. The highest BCUT2D eigenvalue weighted by atomic mass is 27.0. The van der Waals surface area contributed by atoms with Crippen LogP contribution in [0.5, 0.6) is 0 Å². The van der Waals surface area contributed by atoms with Crippen molar-refractivity contribution in [2.24, 2.45) is 5.92 Å². The van der Waals surface area contributed by atoms with Gasteiger partial charge in [-0.2, -0.15) is 0 Å². The van der Waals surface area contributed by atoms with Crippen LogP contribution >= 0.6 is 0 Å². The molecule has 20 heavy (non-hydrogen) atoms. The van der Waals surface area contributed by atoms with Crippen LogP contribution in [0.15, 0.2) is 0 Å². The molecule has 1 aliphatic heterocycles. The van der Waals surface area contributed by atoms with Gasteiger partial charge in [-0.05, 0) is 40.0 Å². The molecule has 1 aliphatic rings. The molecular weight excluding hydrogens is 273 g/mol. The van der Waals surface area contributed by atoms with Crippen LogP contribution in [-0.4, -0.2) is 58.6 Å². The predicted molar refractivity (Wildman–Crippen MR) is 76.6 cm³/mol. The summed E-state index contributed by atoms with van der Waals surface area (Å²) in [6.45, 7) is 6.17.